The molecule has 0 aromatic carbocycles. The second-order valence-corrected chi connectivity index (χ2v) is 7.11. The highest BCUT2D eigenvalue weighted by Crippen LogP contribution is 2.14. The lowest BCUT2D eigenvalue weighted by Gasteiger charge is -2.33. The molecule has 1 aliphatic rings. The summed E-state index contributed by atoms with van der Waals surface area (Å²) < 4.78 is 27.4. The second kappa shape index (κ2) is 5.78. The Bertz CT molecular complexity index is 575. The van der Waals surface area contributed by atoms with Crippen LogP contribution in [0.25, 0.3) is 0 Å². The molecule has 1 aliphatic heterocycles. The minimum absolute atomic E-state index is 0.0402. The largest absolute Gasteiger partial charge is 0.408 e. The maximum atomic E-state index is 11.9. The summed E-state index contributed by atoms with van der Waals surface area (Å²) in [7, 11) is -3.10. The number of aryl methyl sites for hydroxylation is 1. The monoisotopic (exact) mass is 302 g/mol. The Hall–Kier alpha value is -1.64. The van der Waals surface area contributed by atoms with Crippen molar-refractivity contribution in [1.82, 2.24) is 15.1 Å². The SMILES string of the molecule is Cc1nnc(N2CCN(C(=O)CCS(C)(=O)=O)CC2)o1. The Morgan fingerprint density at radius 2 is 1.90 bits per heavy atom. The Kier molecular flexibility index (Phi) is 4.26. The Labute approximate surface area is 117 Å². The highest BCUT2D eigenvalue weighted by molar-refractivity contribution is 7.90. The summed E-state index contributed by atoms with van der Waals surface area (Å²) >= 11 is 0. The maximum absolute atomic E-state index is 11.9. The molecule has 0 unspecified atom stereocenters. The molecule has 112 valence electrons. The molecule has 9 heteroatoms. The lowest BCUT2D eigenvalue weighted by Crippen LogP contribution is -2.49. The molecule has 1 fully saturated rings. The van der Waals surface area contributed by atoms with E-state index in [0.717, 1.165) is 6.26 Å². The fourth-order valence-electron chi connectivity index (χ4n) is 1.99. The first-order valence-electron chi connectivity index (χ1n) is 6.36. The third-order valence-corrected chi connectivity index (χ3v) is 4.05. The van der Waals surface area contributed by atoms with E-state index in [1.807, 2.05) is 4.90 Å². The van der Waals surface area contributed by atoms with Crippen LogP contribution in [-0.2, 0) is 14.6 Å². The Morgan fingerprint density at radius 3 is 2.40 bits per heavy atom. The molecule has 20 heavy (non-hydrogen) atoms. The molecule has 0 spiro atoms. The number of aromatic nitrogens is 2. The normalized spacial score (nSPS) is 16.5. The van der Waals surface area contributed by atoms with Crippen molar-refractivity contribution in [2.45, 2.75) is 13.3 Å². The Balaban J connectivity index is 1.83. The van der Waals surface area contributed by atoms with Gasteiger partial charge in [-0.2, -0.15) is 0 Å². The number of hydrogen-bond acceptors (Lipinski definition) is 7. The lowest BCUT2D eigenvalue weighted by molar-refractivity contribution is -0.131. The van der Waals surface area contributed by atoms with Crippen molar-refractivity contribution >= 4 is 21.8 Å². The van der Waals surface area contributed by atoms with E-state index in [1.165, 1.54) is 0 Å². The number of hydrogen-bond donors (Lipinski definition) is 0. The van der Waals surface area contributed by atoms with Gasteiger partial charge in [-0.05, 0) is 0 Å². The van der Waals surface area contributed by atoms with Crippen LogP contribution < -0.4 is 4.90 Å². The van der Waals surface area contributed by atoms with E-state index in [-0.39, 0.29) is 18.1 Å². The van der Waals surface area contributed by atoms with Gasteiger partial charge < -0.3 is 14.2 Å². The fourth-order valence-corrected chi connectivity index (χ4v) is 2.54. The van der Waals surface area contributed by atoms with Gasteiger partial charge in [-0.3, -0.25) is 4.79 Å². The molecule has 2 heterocycles. The van der Waals surface area contributed by atoms with Crippen LogP contribution >= 0.6 is 0 Å². The molecular formula is C11H18N4O4S. The van der Waals surface area contributed by atoms with Gasteiger partial charge in [0.25, 0.3) is 0 Å². The Morgan fingerprint density at radius 1 is 1.25 bits per heavy atom. The van der Waals surface area contributed by atoms with Gasteiger partial charge in [0.2, 0.25) is 11.8 Å². The first kappa shape index (κ1) is 14.8. The molecule has 0 N–H and O–H groups in total. The van der Waals surface area contributed by atoms with Gasteiger partial charge in [-0.25, -0.2) is 8.42 Å². The summed E-state index contributed by atoms with van der Waals surface area (Å²) in [4.78, 5) is 15.5. The minimum atomic E-state index is -3.10. The van der Waals surface area contributed by atoms with Crippen molar-refractivity contribution in [2.24, 2.45) is 0 Å². The molecular weight excluding hydrogens is 284 g/mol. The van der Waals surface area contributed by atoms with E-state index in [1.54, 1.807) is 11.8 Å². The molecule has 0 saturated carbocycles. The molecule has 1 amide bonds. The first-order chi connectivity index (χ1) is 9.35. The van der Waals surface area contributed by atoms with Crippen molar-refractivity contribution in [3.8, 4) is 0 Å². The molecule has 2 rings (SSSR count). The average Bonchev–Trinajstić information content (AvgIpc) is 2.82. The van der Waals surface area contributed by atoms with Crippen molar-refractivity contribution < 1.29 is 17.6 Å². The molecule has 0 aliphatic carbocycles. The van der Waals surface area contributed by atoms with Crippen molar-refractivity contribution in [1.29, 1.82) is 0 Å². The predicted octanol–water partition coefficient (Wildman–Crippen LogP) is -0.539. The number of nitrogens with zero attached hydrogens (tertiary/aromatic N) is 4. The molecule has 8 nitrogen and oxygen atoms in total. The summed E-state index contributed by atoms with van der Waals surface area (Å²) in [5.41, 5.74) is 0. The number of amides is 1. The fraction of sp³-hybridized carbons (Fsp3) is 0.727. The second-order valence-electron chi connectivity index (χ2n) is 4.85. The number of carbonyl (C=O) groups excluding carboxylic acids is 1. The molecule has 0 radical (unpaired) electrons. The van der Waals surface area contributed by atoms with Crippen LogP contribution in [0, 0.1) is 6.92 Å². The number of carbonyl (C=O) groups is 1. The van der Waals surface area contributed by atoms with E-state index < -0.39 is 9.84 Å². The van der Waals surface area contributed by atoms with Crippen LogP contribution in [0.2, 0.25) is 0 Å². The highest BCUT2D eigenvalue weighted by Gasteiger charge is 2.24. The van der Waals surface area contributed by atoms with Crippen molar-refractivity contribution in [3.63, 3.8) is 0 Å². The van der Waals surface area contributed by atoms with E-state index in [2.05, 4.69) is 10.2 Å². The van der Waals surface area contributed by atoms with Crippen LogP contribution in [0.1, 0.15) is 12.3 Å². The van der Waals surface area contributed by atoms with Gasteiger partial charge in [-0.15, -0.1) is 5.10 Å². The first-order valence-corrected chi connectivity index (χ1v) is 8.42. The summed E-state index contributed by atoms with van der Waals surface area (Å²) in [6, 6.07) is 0.464. The van der Waals surface area contributed by atoms with Gasteiger partial charge in [0.05, 0.1) is 5.75 Å². The summed E-state index contributed by atoms with van der Waals surface area (Å²) in [6.07, 6.45) is 1.18. The molecule has 1 saturated heterocycles. The highest BCUT2D eigenvalue weighted by atomic mass is 32.2. The van der Waals surface area contributed by atoms with Crippen LogP contribution in [0.15, 0.2) is 4.42 Å². The van der Waals surface area contributed by atoms with Gasteiger partial charge >= 0.3 is 6.01 Å². The zero-order chi connectivity index (χ0) is 14.8. The van der Waals surface area contributed by atoms with E-state index in [0.29, 0.717) is 38.1 Å². The standard InChI is InChI=1S/C11H18N4O4S/c1-9-12-13-11(19-9)15-6-4-14(5-7-15)10(16)3-8-20(2,17)18/h3-8H2,1-2H3. The van der Waals surface area contributed by atoms with Crippen LogP contribution in [-0.4, -0.2) is 67.6 Å². The zero-order valence-corrected chi connectivity index (χ0v) is 12.4. The quantitative estimate of drug-likeness (QED) is 0.737. The van der Waals surface area contributed by atoms with Gasteiger partial charge in [0, 0.05) is 45.8 Å². The topological polar surface area (TPSA) is 96.6 Å². The zero-order valence-electron chi connectivity index (χ0n) is 11.6. The smallest absolute Gasteiger partial charge is 0.318 e. The predicted molar refractivity (Wildman–Crippen MR) is 72.2 cm³/mol. The number of rotatable bonds is 4. The van der Waals surface area contributed by atoms with Gasteiger partial charge in [0.15, 0.2) is 0 Å². The number of sulfone groups is 1. The van der Waals surface area contributed by atoms with Crippen molar-refractivity contribution in [3.05, 3.63) is 5.89 Å². The minimum Gasteiger partial charge on any atom is -0.408 e. The van der Waals surface area contributed by atoms with E-state index in [9.17, 15) is 13.2 Å². The molecule has 0 bridgehead atoms. The maximum Gasteiger partial charge on any atom is 0.318 e. The van der Waals surface area contributed by atoms with Gasteiger partial charge in [-0.1, -0.05) is 5.10 Å². The average molecular weight is 302 g/mol. The third-order valence-electron chi connectivity index (χ3n) is 3.10. The summed E-state index contributed by atoms with van der Waals surface area (Å²) in [5.74, 6) is 0.276. The summed E-state index contributed by atoms with van der Waals surface area (Å²) in [5, 5.41) is 7.70. The van der Waals surface area contributed by atoms with Crippen LogP contribution in [0.4, 0.5) is 6.01 Å². The van der Waals surface area contributed by atoms with E-state index in [4.69, 9.17) is 4.42 Å². The van der Waals surface area contributed by atoms with E-state index >= 15 is 0 Å². The number of anilines is 1. The summed E-state index contributed by atoms with van der Waals surface area (Å²) in [6.45, 7) is 3.99. The lowest BCUT2D eigenvalue weighted by atomic mass is 10.3. The molecule has 0 atom stereocenters. The van der Waals surface area contributed by atoms with Crippen LogP contribution in [0.3, 0.4) is 0 Å². The molecule has 1 aromatic rings. The molecule has 1 aromatic heterocycles. The third kappa shape index (κ3) is 3.92. The number of piperazine rings is 1. The van der Waals surface area contributed by atoms with Crippen molar-refractivity contribution in [2.75, 3.05) is 43.1 Å². The van der Waals surface area contributed by atoms with Gasteiger partial charge in [0.1, 0.15) is 9.84 Å². The van der Waals surface area contributed by atoms with Crippen LogP contribution in [0.5, 0.6) is 0 Å².